The first-order valence-corrected chi connectivity index (χ1v) is 22.2. The van der Waals surface area contributed by atoms with Gasteiger partial charge in [0.05, 0.1) is 29.4 Å². The Labute approximate surface area is 391 Å². The van der Waals surface area contributed by atoms with E-state index in [2.05, 4.69) is 21.3 Å². The van der Waals surface area contributed by atoms with Crippen LogP contribution >= 0.6 is 0 Å². The highest BCUT2D eigenvalue weighted by Crippen LogP contribution is 2.68. The summed E-state index contributed by atoms with van der Waals surface area (Å²) in [4.78, 5) is 52.3. The fourth-order valence-electron chi connectivity index (χ4n) is 12.4. The second-order valence-electron chi connectivity index (χ2n) is 19.5. The molecule has 2 aromatic carbocycles. The first-order valence-electron chi connectivity index (χ1n) is 22.2. The quantitative estimate of drug-likeness (QED) is 0.126. The zero-order chi connectivity index (χ0) is 52.3. The van der Waals surface area contributed by atoms with Crippen LogP contribution in [0.15, 0.2) is 36.4 Å². The van der Waals surface area contributed by atoms with Gasteiger partial charge in [-0.2, -0.15) is 65.9 Å². The number of ether oxygens (including phenoxy) is 1. The lowest BCUT2D eigenvalue weighted by Crippen LogP contribution is -2.68. The number of urea groups is 2. The molecule has 5 N–H and O–H groups in total. The minimum atomic E-state index is -5.27. The van der Waals surface area contributed by atoms with Gasteiger partial charge in [0.1, 0.15) is 0 Å². The number of nitrogens with one attached hydrogen (secondary N) is 5. The number of amides is 5. The molecule has 0 spiro atoms. The third kappa shape index (κ3) is 11.5. The van der Waals surface area contributed by atoms with Crippen molar-refractivity contribution in [2.45, 2.75) is 128 Å². The summed E-state index contributed by atoms with van der Waals surface area (Å²) in [5, 5.41) is 11.7. The third-order valence-corrected chi connectivity index (χ3v) is 15.6. The van der Waals surface area contributed by atoms with E-state index in [0.29, 0.717) is 37.1 Å². The number of alkyl halides is 15. The van der Waals surface area contributed by atoms with Gasteiger partial charge < -0.3 is 31.3 Å². The Balaban J connectivity index is 1.41. The van der Waals surface area contributed by atoms with Crippen LogP contribution in [0.5, 0.6) is 0 Å². The Morgan fingerprint density at radius 1 is 0.643 bits per heavy atom. The number of fused-ring (bicyclic) bond motifs is 5. The Hall–Kier alpha value is -5.13. The molecular formula is C45H50F15N5O5. The van der Waals surface area contributed by atoms with Crippen LogP contribution in [0.25, 0.3) is 0 Å². The molecule has 11 atom stereocenters. The summed E-state index contributed by atoms with van der Waals surface area (Å²) in [5.41, 5.74) is -10.5. The molecule has 5 amide bonds. The van der Waals surface area contributed by atoms with E-state index in [0.717, 1.165) is 0 Å². The van der Waals surface area contributed by atoms with Gasteiger partial charge in [0.15, 0.2) is 0 Å². The molecule has 25 heteroatoms. The standard InChI is InChI=1S/C45H50F15N5O5/c1-20(5-8-34(66)70-4)29-6-7-30-35-31(19-33(40(29,30)3)65-38(69)63-28-16-24(43(52,53)54)12-25(17-28)44(55,56)57)39(2)10-9-26(61-36(67)45(58,59)60)13-21(39)18-32(35)64-37(68)62-27-14-22(41(46,47)48)11-23(15-27)42(49,50)51/h11-12,14-17,20-21,26,29-33,35H,5-10,13,18-19H2,1-4H3,(H,61,67)(H2,62,64,68)(H2,63,65,69)/t20-,21+,26-,29-,30+,31+,32-,33+,35+,39+,40-/m1/s1. The molecule has 70 heavy (non-hydrogen) atoms. The lowest BCUT2D eigenvalue weighted by atomic mass is 9.42. The molecule has 390 valence electrons. The highest BCUT2D eigenvalue weighted by Gasteiger charge is 2.66. The number of rotatable bonds is 9. The van der Waals surface area contributed by atoms with Gasteiger partial charge in [-0.1, -0.05) is 20.8 Å². The zero-order valence-electron chi connectivity index (χ0n) is 37.7. The van der Waals surface area contributed by atoms with Gasteiger partial charge in [-0.3, -0.25) is 9.59 Å². The highest BCUT2D eigenvalue weighted by atomic mass is 19.4. The van der Waals surface area contributed by atoms with Crippen molar-refractivity contribution in [3.05, 3.63) is 58.7 Å². The van der Waals surface area contributed by atoms with Gasteiger partial charge in [-0.15, -0.1) is 0 Å². The Kier molecular flexibility index (Phi) is 14.8. The normalized spacial score (nSPS) is 29.6. The van der Waals surface area contributed by atoms with Gasteiger partial charge in [0.25, 0.3) is 0 Å². The molecule has 2 aromatic rings. The molecule has 0 bridgehead atoms. The molecule has 4 fully saturated rings. The maximum absolute atomic E-state index is 14.0. The monoisotopic (exact) mass is 1030 g/mol. The fraction of sp³-hybridized carbons (Fsp3) is 0.644. The zero-order valence-corrected chi connectivity index (χ0v) is 37.7. The summed E-state index contributed by atoms with van der Waals surface area (Å²) < 4.78 is 211. The highest BCUT2D eigenvalue weighted by molar-refractivity contribution is 5.90. The van der Waals surface area contributed by atoms with Crippen LogP contribution in [-0.2, 0) is 39.0 Å². The van der Waals surface area contributed by atoms with Crippen LogP contribution < -0.4 is 26.6 Å². The molecule has 10 nitrogen and oxygen atoms in total. The van der Waals surface area contributed by atoms with Crippen molar-refractivity contribution in [3.8, 4) is 0 Å². The molecule has 4 aliphatic carbocycles. The number of carbonyl (C=O) groups is 4. The van der Waals surface area contributed by atoms with Crippen molar-refractivity contribution in [1.29, 1.82) is 0 Å². The second kappa shape index (κ2) is 19.1. The number of hydrogen-bond acceptors (Lipinski definition) is 5. The molecule has 0 saturated heterocycles. The molecular weight excluding hydrogens is 975 g/mol. The summed E-state index contributed by atoms with van der Waals surface area (Å²) in [7, 11) is 1.18. The van der Waals surface area contributed by atoms with Crippen molar-refractivity contribution in [2.24, 2.45) is 46.3 Å². The molecule has 0 unspecified atom stereocenters. The van der Waals surface area contributed by atoms with Gasteiger partial charge in [0, 0.05) is 35.9 Å². The third-order valence-electron chi connectivity index (χ3n) is 15.6. The van der Waals surface area contributed by atoms with E-state index in [9.17, 15) is 85.0 Å². The van der Waals surface area contributed by atoms with Crippen molar-refractivity contribution in [3.63, 3.8) is 0 Å². The molecule has 0 heterocycles. The van der Waals surface area contributed by atoms with E-state index in [1.807, 2.05) is 19.2 Å². The molecule has 4 saturated carbocycles. The fourth-order valence-corrected chi connectivity index (χ4v) is 12.4. The largest absolute Gasteiger partial charge is 0.471 e. The lowest BCUT2D eigenvalue weighted by molar-refractivity contribution is -0.176. The molecule has 0 aromatic heterocycles. The molecule has 0 radical (unpaired) electrons. The maximum atomic E-state index is 14.0. The summed E-state index contributed by atoms with van der Waals surface area (Å²) in [6, 6.07) is -4.50. The minimum absolute atomic E-state index is 0.00925. The number of hydrogen-bond donors (Lipinski definition) is 5. The molecule has 6 rings (SSSR count). The van der Waals surface area contributed by atoms with Crippen LogP contribution in [0.3, 0.4) is 0 Å². The van der Waals surface area contributed by atoms with Crippen molar-refractivity contribution in [1.82, 2.24) is 16.0 Å². The second-order valence-corrected chi connectivity index (χ2v) is 19.5. The average molecular weight is 1030 g/mol. The first kappa shape index (κ1) is 54.2. The van der Waals surface area contributed by atoms with E-state index in [4.69, 9.17) is 4.74 Å². The van der Waals surface area contributed by atoms with E-state index < -0.39 is 147 Å². The number of halogens is 15. The number of anilines is 2. The maximum Gasteiger partial charge on any atom is 0.471 e. The first-order chi connectivity index (χ1) is 32.0. The van der Waals surface area contributed by atoms with Gasteiger partial charge in [0.2, 0.25) is 0 Å². The predicted octanol–water partition coefficient (Wildman–Crippen LogP) is 12.0. The molecule has 0 aliphatic heterocycles. The SMILES string of the molecule is COC(=O)CC[C@@H](C)[C@H]1CC[C@H]2[C@@H]3[C@H](NC(=O)Nc4cc(C(F)(F)F)cc(C(F)(F)F)c4)C[C@@H]4C[C@H](NC(=O)C(F)(F)F)CC[C@]4(C)[C@H]3C[C@H](NC(=O)Nc3cc(C(F)(F)F)cc(C(F)(F)F)c3)[C@]12C. The van der Waals surface area contributed by atoms with Crippen molar-refractivity contribution >= 4 is 35.3 Å². The number of carbonyl (C=O) groups excluding carboxylic acids is 4. The van der Waals surface area contributed by atoms with Crippen molar-refractivity contribution < 1.29 is 89.8 Å². The number of benzene rings is 2. The van der Waals surface area contributed by atoms with E-state index in [1.54, 1.807) is 6.92 Å². The lowest BCUT2D eigenvalue weighted by Gasteiger charge is -2.65. The Bertz CT molecular complexity index is 2240. The predicted molar refractivity (Wildman–Crippen MR) is 219 cm³/mol. The van der Waals surface area contributed by atoms with E-state index in [1.165, 1.54) is 7.11 Å². The molecule has 4 aliphatic rings. The Morgan fingerprint density at radius 3 is 1.59 bits per heavy atom. The van der Waals surface area contributed by atoms with Gasteiger partial charge in [-0.25, -0.2) is 9.59 Å². The average Bonchev–Trinajstić information content (AvgIpc) is 3.59. The van der Waals surface area contributed by atoms with Gasteiger partial charge >= 0.3 is 54.8 Å². The van der Waals surface area contributed by atoms with Crippen LogP contribution in [-0.4, -0.2) is 55.4 Å². The van der Waals surface area contributed by atoms with Gasteiger partial charge in [-0.05, 0) is 134 Å². The number of esters is 1. The minimum Gasteiger partial charge on any atom is -0.469 e. The smallest absolute Gasteiger partial charge is 0.469 e. The topological polar surface area (TPSA) is 138 Å². The van der Waals surface area contributed by atoms with Crippen LogP contribution in [0.2, 0.25) is 0 Å². The van der Waals surface area contributed by atoms with Crippen LogP contribution in [0.4, 0.5) is 86.8 Å². The summed E-state index contributed by atoms with van der Waals surface area (Å²) in [5.74, 6) is -5.93. The van der Waals surface area contributed by atoms with E-state index >= 15 is 0 Å². The summed E-state index contributed by atoms with van der Waals surface area (Å²) >= 11 is 0. The van der Waals surface area contributed by atoms with Crippen LogP contribution in [0, 0.1) is 46.3 Å². The van der Waals surface area contributed by atoms with Crippen molar-refractivity contribution in [2.75, 3.05) is 17.7 Å². The summed E-state index contributed by atoms with van der Waals surface area (Å²) in [6.45, 7) is 5.46. The number of methoxy groups -OCH3 is 1. The van der Waals surface area contributed by atoms with E-state index in [-0.39, 0.29) is 63.0 Å². The summed E-state index contributed by atoms with van der Waals surface area (Å²) in [6.07, 6.45) is -25.3. The Morgan fingerprint density at radius 2 is 1.13 bits per heavy atom. The van der Waals surface area contributed by atoms with Crippen LogP contribution in [0.1, 0.15) is 101 Å².